The predicted molar refractivity (Wildman–Crippen MR) is 101 cm³/mol. The number of nitrogens with one attached hydrogen (secondary N) is 1. The first-order chi connectivity index (χ1) is 13.4. The lowest BCUT2D eigenvalue weighted by atomic mass is 10.0. The Balaban J connectivity index is 1.72. The molecule has 0 unspecified atom stereocenters. The van der Waals surface area contributed by atoms with Gasteiger partial charge in [0.05, 0.1) is 0 Å². The van der Waals surface area contributed by atoms with Crippen LogP contribution >= 0.6 is 0 Å². The molecule has 0 bridgehead atoms. The van der Waals surface area contributed by atoms with Crippen molar-refractivity contribution < 1.29 is 23.5 Å². The van der Waals surface area contributed by atoms with E-state index in [9.17, 15) is 23.5 Å². The number of rotatable bonds is 6. The molecule has 1 amide bonds. The molecule has 0 aliphatic heterocycles. The summed E-state index contributed by atoms with van der Waals surface area (Å²) in [7, 11) is 0. The Morgan fingerprint density at radius 2 is 1.43 bits per heavy atom. The maximum Gasteiger partial charge on any atom is 0.326 e. The van der Waals surface area contributed by atoms with E-state index >= 15 is 0 Å². The molecule has 0 heterocycles. The first-order valence-corrected chi connectivity index (χ1v) is 8.56. The summed E-state index contributed by atoms with van der Waals surface area (Å²) in [5.74, 6) is -3.91. The lowest BCUT2D eigenvalue weighted by molar-refractivity contribution is -0.139. The lowest BCUT2D eigenvalue weighted by Gasteiger charge is -2.15. The highest BCUT2D eigenvalue weighted by Crippen LogP contribution is 2.20. The Bertz CT molecular complexity index is 968. The number of aliphatic carboxylic acids is 1. The Hall–Kier alpha value is -3.54. The average molecular weight is 381 g/mol. The topological polar surface area (TPSA) is 66.4 Å². The van der Waals surface area contributed by atoms with Crippen LogP contribution in [-0.4, -0.2) is 23.0 Å². The van der Waals surface area contributed by atoms with E-state index in [2.05, 4.69) is 5.32 Å². The molecular formula is C22H17F2NO3. The van der Waals surface area contributed by atoms with Crippen molar-refractivity contribution in [3.63, 3.8) is 0 Å². The van der Waals surface area contributed by atoms with Crippen molar-refractivity contribution >= 4 is 11.9 Å². The molecular weight excluding hydrogens is 364 g/mol. The number of carboxylic acids is 1. The highest BCUT2D eigenvalue weighted by molar-refractivity contribution is 5.96. The van der Waals surface area contributed by atoms with E-state index in [-0.39, 0.29) is 12.0 Å². The van der Waals surface area contributed by atoms with Gasteiger partial charge in [0.15, 0.2) is 0 Å². The molecule has 142 valence electrons. The number of carbonyl (C=O) groups excluding carboxylic acids is 1. The van der Waals surface area contributed by atoms with Gasteiger partial charge in [-0.25, -0.2) is 13.6 Å². The molecule has 1 atom stereocenters. The van der Waals surface area contributed by atoms with Crippen LogP contribution in [0.15, 0.2) is 72.8 Å². The van der Waals surface area contributed by atoms with E-state index in [1.807, 2.05) is 42.5 Å². The Morgan fingerprint density at radius 3 is 2.00 bits per heavy atom. The molecule has 4 nitrogen and oxygen atoms in total. The number of amides is 1. The van der Waals surface area contributed by atoms with Crippen molar-refractivity contribution in [1.29, 1.82) is 0 Å². The quantitative estimate of drug-likeness (QED) is 0.677. The molecule has 0 saturated carbocycles. The van der Waals surface area contributed by atoms with Gasteiger partial charge in [-0.3, -0.25) is 4.79 Å². The Labute approximate surface area is 160 Å². The zero-order valence-corrected chi connectivity index (χ0v) is 14.7. The molecule has 0 saturated heterocycles. The van der Waals surface area contributed by atoms with Crippen LogP contribution in [0.25, 0.3) is 11.1 Å². The zero-order chi connectivity index (χ0) is 20.1. The Morgan fingerprint density at radius 1 is 0.857 bits per heavy atom. The maximum atomic E-state index is 13.3. The summed E-state index contributed by atoms with van der Waals surface area (Å²) in [6.45, 7) is 0. The van der Waals surface area contributed by atoms with Gasteiger partial charge in [-0.1, -0.05) is 54.6 Å². The van der Waals surface area contributed by atoms with Gasteiger partial charge in [0.2, 0.25) is 0 Å². The molecule has 0 fully saturated rings. The summed E-state index contributed by atoms with van der Waals surface area (Å²) in [6, 6.07) is 18.1. The monoisotopic (exact) mass is 381 g/mol. The van der Waals surface area contributed by atoms with Crippen molar-refractivity contribution in [3.05, 3.63) is 95.6 Å². The molecule has 0 aromatic heterocycles. The molecule has 3 aromatic carbocycles. The molecule has 3 aromatic rings. The largest absolute Gasteiger partial charge is 0.480 e. The number of halogens is 2. The third-order valence-corrected chi connectivity index (χ3v) is 4.23. The fourth-order valence-electron chi connectivity index (χ4n) is 2.83. The normalized spacial score (nSPS) is 11.6. The van der Waals surface area contributed by atoms with Gasteiger partial charge < -0.3 is 10.4 Å². The summed E-state index contributed by atoms with van der Waals surface area (Å²) in [5, 5.41) is 11.7. The lowest BCUT2D eigenvalue weighted by Crippen LogP contribution is -2.42. The van der Waals surface area contributed by atoms with Gasteiger partial charge in [-0.15, -0.1) is 0 Å². The van der Waals surface area contributed by atoms with Gasteiger partial charge in [0.25, 0.3) is 5.91 Å². The van der Waals surface area contributed by atoms with Crippen molar-refractivity contribution in [2.24, 2.45) is 0 Å². The van der Waals surface area contributed by atoms with Crippen LogP contribution < -0.4 is 5.32 Å². The Kier molecular flexibility index (Phi) is 5.79. The van der Waals surface area contributed by atoms with Crippen molar-refractivity contribution in [1.82, 2.24) is 5.32 Å². The minimum Gasteiger partial charge on any atom is -0.480 e. The molecule has 6 heteroatoms. The van der Waals surface area contributed by atoms with Crippen LogP contribution in [0.2, 0.25) is 0 Å². The number of carbonyl (C=O) groups is 2. The van der Waals surface area contributed by atoms with E-state index in [0.717, 1.165) is 23.3 Å². The summed E-state index contributed by atoms with van der Waals surface area (Å²) >= 11 is 0. The first kappa shape index (κ1) is 19.2. The first-order valence-electron chi connectivity index (χ1n) is 8.56. The summed E-state index contributed by atoms with van der Waals surface area (Å²) in [6.07, 6.45) is 0.0357. The minimum absolute atomic E-state index is 0.0357. The summed E-state index contributed by atoms with van der Waals surface area (Å²) < 4.78 is 26.5. The highest BCUT2D eigenvalue weighted by atomic mass is 19.1. The van der Waals surface area contributed by atoms with Crippen LogP contribution in [0, 0.1) is 11.6 Å². The number of hydrogen-bond acceptors (Lipinski definition) is 2. The van der Waals surface area contributed by atoms with Crippen LogP contribution in [0.1, 0.15) is 15.9 Å². The van der Waals surface area contributed by atoms with E-state index < -0.39 is 29.6 Å². The number of hydrogen-bond donors (Lipinski definition) is 2. The highest BCUT2D eigenvalue weighted by Gasteiger charge is 2.22. The van der Waals surface area contributed by atoms with Gasteiger partial charge in [0, 0.05) is 18.1 Å². The molecule has 28 heavy (non-hydrogen) atoms. The second kappa shape index (κ2) is 8.43. The van der Waals surface area contributed by atoms with Gasteiger partial charge in [-0.05, 0) is 28.8 Å². The second-order valence-corrected chi connectivity index (χ2v) is 6.29. The standard InChI is InChI=1S/C22H17F2NO3/c23-18-11-17(12-19(24)13-18)21(26)25-20(22(27)28)10-14-6-8-16(9-7-14)15-4-2-1-3-5-15/h1-9,11-13,20H,10H2,(H,25,26)(H,27,28)/t20-/m1/s1. The van der Waals surface area contributed by atoms with Crippen LogP contribution in [0.3, 0.4) is 0 Å². The van der Waals surface area contributed by atoms with Crippen molar-refractivity contribution in [2.75, 3.05) is 0 Å². The van der Waals surface area contributed by atoms with E-state index in [0.29, 0.717) is 11.6 Å². The van der Waals surface area contributed by atoms with E-state index in [4.69, 9.17) is 0 Å². The molecule has 0 aliphatic rings. The van der Waals surface area contributed by atoms with E-state index in [1.165, 1.54) is 0 Å². The van der Waals surface area contributed by atoms with Crippen molar-refractivity contribution in [2.45, 2.75) is 12.5 Å². The summed E-state index contributed by atoms with van der Waals surface area (Å²) in [4.78, 5) is 23.7. The number of carboxylic acid groups (broad SMARTS) is 1. The third-order valence-electron chi connectivity index (χ3n) is 4.23. The molecule has 2 N–H and O–H groups in total. The van der Waals surface area contributed by atoms with E-state index in [1.54, 1.807) is 12.1 Å². The zero-order valence-electron chi connectivity index (χ0n) is 14.7. The predicted octanol–water partition coefficient (Wildman–Crippen LogP) is 4.06. The second-order valence-electron chi connectivity index (χ2n) is 6.29. The smallest absolute Gasteiger partial charge is 0.326 e. The van der Waals surface area contributed by atoms with Gasteiger partial charge >= 0.3 is 5.97 Å². The molecule has 0 aliphatic carbocycles. The van der Waals surface area contributed by atoms with Crippen LogP contribution in [0.5, 0.6) is 0 Å². The van der Waals surface area contributed by atoms with Crippen LogP contribution in [-0.2, 0) is 11.2 Å². The fourth-order valence-corrected chi connectivity index (χ4v) is 2.83. The third kappa shape index (κ3) is 4.79. The molecule has 0 radical (unpaired) electrons. The molecule has 0 spiro atoms. The van der Waals surface area contributed by atoms with Crippen molar-refractivity contribution in [3.8, 4) is 11.1 Å². The fraction of sp³-hybridized carbons (Fsp3) is 0.0909. The SMILES string of the molecule is O=C(N[C@H](Cc1ccc(-c2ccccc2)cc1)C(=O)O)c1cc(F)cc(F)c1. The number of benzene rings is 3. The molecule has 3 rings (SSSR count). The maximum absolute atomic E-state index is 13.3. The summed E-state index contributed by atoms with van der Waals surface area (Å²) in [5.41, 5.74) is 2.45. The van der Waals surface area contributed by atoms with Gasteiger partial charge in [0.1, 0.15) is 17.7 Å². The van der Waals surface area contributed by atoms with Gasteiger partial charge in [-0.2, -0.15) is 0 Å². The minimum atomic E-state index is -1.24. The van der Waals surface area contributed by atoms with Crippen LogP contribution in [0.4, 0.5) is 8.78 Å². The average Bonchev–Trinajstić information content (AvgIpc) is 2.68.